The summed E-state index contributed by atoms with van der Waals surface area (Å²) in [5.41, 5.74) is 0.191. The van der Waals surface area contributed by atoms with Crippen molar-refractivity contribution in [2.24, 2.45) is 0 Å². The molecule has 0 aliphatic carbocycles. The van der Waals surface area contributed by atoms with Gasteiger partial charge in [-0.15, -0.1) is 0 Å². The summed E-state index contributed by atoms with van der Waals surface area (Å²) in [7, 11) is 0. The van der Waals surface area contributed by atoms with Crippen molar-refractivity contribution in [2.45, 2.75) is 19.6 Å². The molecule has 0 bridgehead atoms. The van der Waals surface area contributed by atoms with Crippen LogP contribution in [0.2, 0.25) is 0 Å². The van der Waals surface area contributed by atoms with Crippen molar-refractivity contribution in [2.75, 3.05) is 6.61 Å². The van der Waals surface area contributed by atoms with Gasteiger partial charge in [0.2, 0.25) is 0 Å². The van der Waals surface area contributed by atoms with E-state index in [0.717, 1.165) is 18.6 Å². The highest BCUT2D eigenvalue weighted by Gasteiger charge is 2.14. The van der Waals surface area contributed by atoms with Gasteiger partial charge in [-0.05, 0) is 18.6 Å². The molecule has 0 fully saturated rings. The van der Waals surface area contributed by atoms with E-state index in [4.69, 9.17) is 9.84 Å². The molecule has 0 amide bonds. The minimum absolute atomic E-state index is 0.191. The first-order chi connectivity index (χ1) is 7.06. The number of aromatic hydroxyl groups is 3. The third kappa shape index (κ3) is 2.74. The van der Waals surface area contributed by atoms with Crippen LogP contribution in [0.4, 0.5) is 0 Å². The number of rotatable bonds is 4. The van der Waals surface area contributed by atoms with Gasteiger partial charge in [0.05, 0.1) is 0 Å². The van der Waals surface area contributed by atoms with E-state index in [-0.39, 0.29) is 5.56 Å². The molecule has 1 aromatic carbocycles. The number of aliphatic hydroxyl groups excluding tert-OH is 1. The van der Waals surface area contributed by atoms with Crippen molar-refractivity contribution in [1.29, 1.82) is 0 Å². The molecule has 4 N–H and O–H groups in total. The van der Waals surface area contributed by atoms with Crippen molar-refractivity contribution >= 4 is 0 Å². The smallest absolute Gasteiger partial charge is 0.200 e. The van der Waals surface area contributed by atoms with Crippen LogP contribution in [0.5, 0.6) is 17.2 Å². The summed E-state index contributed by atoms with van der Waals surface area (Å²) in [5.74, 6) is -1.60. The molecular weight excluding hydrogens is 200 g/mol. The van der Waals surface area contributed by atoms with Crippen LogP contribution in [-0.2, 0) is 4.74 Å². The van der Waals surface area contributed by atoms with Gasteiger partial charge in [0.1, 0.15) is 0 Å². The lowest BCUT2D eigenvalue weighted by molar-refractivity contribution is -0.102. The Morgan fingerprint density at radius 2 is 1.73 bits per heavy atom. The molecule has 0 spiro atoms. The van der Waals surface area contributed by atoms with Crippen LogP contribution in [0.25, 0.3) is 0 Å². The Bertz CT molecular complexity index is 314. The second-order valence-electron chi connectivity index (χ2n) is 3.13. The first kappa shape index (κ1) is 11.6. The van der Waals surface area contributed by atoms with Gasteiger partial charge in [-0.3, -0.25) is 0 Å². The van der Waals surface area contributed by atoms with E-state index in [1.165, 1.54) is 0 Å². The van der Waals surface area contributed by atoms with Crippen LogP contribution in [0.3, 0.4) is 0 Å². The zero-order chi connectivity index (χ0) is 11.4. The summed E-state index contributed by atoms with van der Waals surface area (Å²) in [4.78, 5) is 0. The fourth-order valence-corrected chi connectivity index (χ4v) is 1.09. The molecule has 0 radical (unpaired) electrons. The van der Waals surface area contributed by atoms with Crippen LogP contribution in [0.15, 0.2) is 12.1 Å². The number of phenols is 3. The minimum atomic E-state index is -1.22. The summed E-state index contributed by atoms with van der Waals surface area (Å²) in [5, 5.41) is 36.9. The predicted molar refractivity (Wildman–Crippen MR) is 52.6 cm³/mol. The number of ether oxygens (including phenoxy) is 1. The van der Waals surface area contributed by atoms with E-state index in [0.29, 0.717) is 6.61 Å². The Morgan fingerprint density at radius 1 is 1.20 bits per heavy atom. The molecule has 84 valence electrons. The topological polar surface area (TPSA) is 90.2 Å². The van der Waals surface area contributed by atoms with E-state index >= 15 is 0 Å². The fraction of sp³-hybridized carbons (Fsp3) is 0.400. The average Bonchev–Trinajstić information content (AvgIpc) is 2.21. The quantitative estimate of drug-likeness (QED) is 0.447. The number of benzene rings is 1. The van der Waals surface area contributed by atoms with Crippen LogP contribution in [-0.4, -0.2) is 27.0 Å². The maximum atomic E-state index is 9.47. The second kappa shape index (κ2) is 4.86. The Labute approximate surface area is 87.2 Å². The molecule has 0 aromatic heterocycles. The fourth-order valence-electron chi connectivity index (χ4n) is 1.09. The summed E-state index contributed by atoms with van der Waals surface area (Å²) in [6.45, 7) is 2.25. The lowest BCUT2D eigenvalue weighted by Crippen LogP contribution is -2.03. The first-order valence-corrected chi connectivity index (χ1v) is 4.60. The average molecular weight is 214 g/mol. The van der Waals surface area contributed by atoms with Crippen molar-refractivity contribution in [3.8, 4) is 17.2 Å². The summed E-state index contributed by atoms with van der Waals surface area (Å²) in [6, 6.07) is 2.27. The molecule has 5 nitrogen and oxygen atoms in total. The summed E-state index contributed by atoms with van der Waals surface area (Å²) in [6.07, 6.45) is -0.477. The van der Waals surface area contributed by atoms with Crippen molar-refractivity contribution < 1.29 is 25.2 Å². The number of phenolic OH excluding ortho intramolecular Hbond substituents is 3. The minimum Gasteiger partial charge on any atom is -0.504 e. The van der Waals surface area contributed by atoms with Crippen molar-refractivity contribution in [1.82, 2.24) is 0 Å². The molecule has 1 rings (SSSR count). The van der Waals surface area contributed by atoms with Crippen molar-refractivity contribution in [3.05, 3.63) is 17.7 Å². The van der Waals surface area contributed by atoms with Crippen LogP contribution in [0, 0.1) is 0 Å². The summed E-state index contributed by atoms with van der Waals surface area (Å²) < 4.78 is 4.98. The van der Waals surface area contributed by atoms with E-state index in [2.05, 4.69) is 0 Å². The molecular formula is C10H14O5. The standard InChI is InChI=1S/C10H14O5/c1-2-3-15-10(14)6-4-7(11)9(13)8(12)5-6/h4-5,10-14H,2-3H2,1H3. The molecule has 0 aliphatic rings. The second-order valence-corrected chi connectivity index (χ2v) is 3.13. The van der Waals surface area contributed by atoms with Gasteiger partial charge in [-0.25, -0.2) is 0 Å². The molecule has 1 aromatic rings. The Morgan fingerprint density at radius 3 is 2.20 bits per heavy atom. The maximum absolute atomic E-state index is 9.47. The number of hydrogen-bond donors (Lipinski definition) is 4. The molecule has 0 saturated heterocycles. The highest BCUT2D eigenvalue weighted by atomic mass is 16.6. The Balaban J connectivity index is 2.86. The Hall–Kier alpha value is -1.46. The van der Waals surface area contributed by atoms with Gasteiger partial charge >= 0.3 is 0 Å². The maximum Gasteiger partial charge on any atom is 0.200 e. The van der Waals surface area contributed by atoms with Gasteiger partial charge in [0.15, 0.2) is 23.5 Å². The predicted octanol–water partition coefficient (Wildman–Crippen LogP) is 1.22. The van der Waals surface area contributed by atoms with Gasteiger partial charge < -0.3 is 25.2 Å². The van der Waals surface area contributed by atoms with E-state index in [9.17, 15) is 15.3 Å². The van der Waals surface area contributed by atoms with Gasteiger partial charge in [0, 0.05) is 12.2 Å². The molecule has 0 heterocycles. The molecule has 0 aliphatic heterocycles. The van der Waals surface area contributed by atoms with Crippen LogP contribution >= 0.6 is 0 Å². The van der Waals surface area contributed by atoms with E-state index in [1.807, 2.05) is 6.92 Å². The van der Waals surface area contributed by atoms with Crippen LogP contribution in [0.1, 0.15) is 25.2 Å². The van der Waals surface area contributed by atoms with Crippen LogP contribution < -0.4 is 0 Å². The monoisotopic (exact) mass is 214 g/mol. The Kier molecular flexibility index (Phi) is 3.76. The highest BCUT2D eigenvalue weighted by molar-refractivity contribution is 5.51. The third-order valence-corrected chi connectivity index (χ3v) is 1.86. The lowest BCUT2D eigenvalue weighted by Gasteiger charge is -2.12. The van der Waals surface area contributed by atoms with E-state index in [1.54, 1.807) is 0 Å². The van der Waals surface area contributed by atoms with Gasteiger partial charge in [0.25, 0.3) is 0 Å². The molecule has 15 heavy (non-hydrogen) atoms. The third-order valence-electron chi connectivity index (χ3n) is 1.86. The molecule has 5 heteroatoms. The number of hydrogen-bond acceptors (Lipinski definition) is 5. The zero-order valence-corrected chi connectivity index (χ0v) is 8.34. The number of aliphatic hydroxyl groups is 1. The SMILES string of the molecule is CCCOC(O)c1cc(O)c(O)c(O)c1. The van der Waals surface area contributed by atoms with Gasteiger partial charge in [-0.1, -0.05) is 6.92 Å². The van der Waals surface area contributed by atoms with Crippen molar-refractivity contribution in [3.63, 3.8) is 0 Å². The van der Waals surface area contributed by atoms with Gasteiger partial charge in [-0.2, -0.15) is 0 Å². The molecule has 1 unspecified atom stereocenters. The zero-order valence-electron chi connectivity index (χ0n) is 8.34. The normalized spacial score (nSPS) is 12.7. The first-order valence-electron chi connectivity index (χ1n) is 4.60. The molecule has 0 saturated carbocycles. The lowest BCUT2D eigenvalue weighted by atomic mass is 10.2. The molecule has 1 atom stereocenters. The highest BCUT2D eigenvalue weighted by Crippen LogP contribution is 2.37. The van der Waals surface area contributed by atoms with E-state index < -0.39 is 23.5 Å². The summed E-state index contributed by atoms with van der Waals surface area (Å²) >= 11 is 0. The largest absolute Gasteiger partial charge is 0.504 e.